The predicted octanol–water partition coefficient (Wildman–Crippen LogP) is 1.68. The van der Waals surface area contributed by atoms with Crippen LogP contribution in [0.5, 0.6) is 0 Å². The summed E-state index contributed by atoms with van der Waals surface area (Å²) >= 11 is 0. The van der Waals surface area contributed by atoms with E-state index < -0.39 is 5.54 Å². The number of rotatable bonds is 5. The van der Waals surface area contributed by atoms with Crippen molar-refractivity contribution >= 4 is 5.91 Å². The second-order valence-electron chi connectivity index (χ2n) is 5.26. The smallest absolute Gasteiger partial charge is 0.239 e. The molecular weight excluding hydrogens is 188 g/mol. The number of nitrogens with one attached hydrogen (secondary N) is 2. The van der Waals surface area contributed by atoms with Crippen LogP contribution in [-0.2, 0) is 4.79 Å². The van der Waals surface area contributed by atoms with E-state index in [1.807, 2.05) is 20.9 Å². The lowest BCUT2D eigenvalue weighted by Gasteiger charge is -2.42. The molecule has 0 aromatic carbocycles. The Bertz CT molecular complexity index is 226. The fraction of sp³-hybridized carbons (Fsp3) is 0.917. The quantitative estimate of drug-likeness (QED) is 0.728. The summed E-state index contributed by atoms with van der Waals surface area (Å²) in [5.74, 6) is 0.102. The zero-order valence-electron chi connectivity index (χ0n) is 10.4. The van der Waals surface area contributed by atoms with Gasteiger partial charge in [-0.25, -0.2) is 0 Å². The predicted molar refractivity (Wildman–Crippen MR) is 62.7 cm³/mol. The van der Waals surface area contributed by atoms with Crippen molar-refractivity contribution in [3.8, 4) is 0 Å². The Morgan fingerprint density at radius 2 is 2.00 bits per heavy atom. The molecule has 0 radical (unpaired) electrons. The summed E-state index contributed by atoms with van der Waals surface area (Å²) in [4.78, 5) is 11.8. The number of carbonyl (C=O) groups is 1. The number of hydrogen-bond acceptors (Lipinski definition) is 2. The number of amides is 1. The highest BCUT2D eigenvalue weighted by molar-refractivity contribution is 5.85. The normalized spacial score (nSPS) is 19.5. The SMILES string of the molecule is CCC1(CNC(=O)C(C)(C)NC)CCC1. The maximum atomic E-state index is 11.8. The van der Waals surface area contributed by atoms with Crippen molar-refractivity contribution in [3.05, 3.63) is 0 Å². The minimum atomic E-state index is -0.460. The lowest BCUT2D eigenvalue weighted by atomic mass is 9.67. The molecule has 0 aromatic rings. The van der Waals surface area contributed by atoms with Crippen molar-refractivity contribution in [2.75, 3.05) is 13.6 Å². The molecule has 0 unspecified atom stereocenters. The zero-order chi connectivity index (χ0) is 11.5. The molecule has 3 nitrogen and oxygen atoms in total. The van der Waals surface area contributed by atoms with Gasteiger partial charge >= 0.3 is 0 Å². The average Bonchev–Trinajstić information content (AvgIpc) is 2.16. The molecule has 0 saturated heterocycles. The molecule has 1 fully saturated rings. The molecule has 2 N–H and O–H groups in total. The van der Waals surface area contributed by atoms with Gasteiger partial charge in [0.15, 0.2) is 0 Å². The minimum absolute atomic E-state index is 0.102. The highest BCUT2D eigenvalue weighted by Gasteiger charge is 2.36. The lowest BCUT2D eigenvalue weighted by molar-refractivity contribution is -0.127. The fourth-order valence-corrected chi connectivity index (χ4v) is 1.93. The summed E-state index contributed by atoms with van der Waals surface area (Å²) in [7, 11) is 1.82. The van der Waals surface area contributed by atoms with Crippen molar-refractivity contribution in [1.82, 2.24) is 10.6 Å². The van der Waals surface area contributed by atoms with Crippen LogP contribution in [0, 0.1) is 5.41 Å². The summed E-state index contributed by atoms with van der Waals surface area (Å²) in [5, 5.41) is 6.09. The molecule has 88 valence electrons. The molecule has 0 heterocycles. The van der Waals surface area contributed by atoms with E-state index in [1.54, 1.807) is 0 Å². The summed E-state index contributed by atoms with van der Waals surface area (Å²) in [5.41, 5.74) is -0.0574. The van der Waals surface area contributed by atoms with E-state index in [0.29, 0.717) is 5.41 Å². The lowest BCUT2D eigenvalue weighted by Crippen LogP contribution is -2.54. The minimum Gasteiger partial charge on any atom is -0.354 e. The molecule has 1 saturated carbocycles. The van der Waals surface area contributed by atoms with Crippen LogP contribution in [0.4, 0.5) is 0 Å². The molecule has 0 atom stereocenters. The second kappa shape index (κ2) is 4.52. The van der Waals surface area contributed by atoms with Gasteiger partial charge in [0.05, 0.1) is 5.54 Å². The van der Waals surface area contributed by atoms with E-state index in [4.69, 9.17) is 0 Å². The van der Waals surface area contributed by atoms with Crippen LogP contribution >= 0.6 is 0 Å². The third-order valence-corrected chi connectivity index (χ3v) is 3.98. The monoisotopic (exact) mass is 212 g/mol. The zero-order valence-corrected chi connectivity index (χ0v) is 10.4. The highest BCUT2D eigenvalue weighted by Crippen LogP contribution is 2.43. The average molecular weight is 212 g/mol. The summed E-state index contributed by atoms with van der Waals surface area (Å²) < 4.78 is 0. The van der Waals surface area contributed by atoms with E-state index in [9.17, 15) is 4.79 Å². The Morgan fingerprint density at radius 3 is 2.33 bits per heavy atom. The van der Waals surface area contributed by atoms with Crippen LogP contribution in [-0.4, -0.2) is 25.0 Å². The van der Waals surface area contributed by atoms with Gasteiger partial charge in [-0.1, -0.05) is 13.3 Å². The summed E-state index contributed by atoms with van der Waals surface area (Å²) in [6.07, 6.45) is 5.03. The Hall–Kier alpha value is -0.570. The molecule has 0 aliphatic heterocycles. The molecule has 1 aliphatic carbocycles. The Balaban J connectivity index is 2.40. The van der Waals surface area contributed by atoms with Gasteiger partial charge in [0.25, 0.3) is 0 Å². The molecule has 3 heteroatoms. The Morgan fingerprint density at radius 1 is 1.40 bits per heavy atom. The van der Waals surface area contributed by atoms with Gasteiger partial charge < -0.3 is 10.6 Å². The first-order chi connectivity index (χ1) is 6.96. The molecule has 0 aromatic heterocycles. The van der Waals surface area contributed by atoms with Crippen LogP contribution in [0.2, 0.25) is 0 Å². The van der Waals surface area contributed by atoms with Crippen LogP contribution in [0.3, 0.4) is 0 Å². The highest BCUT2D eigenvalue weighted by atomic mass is 16.2. The first-order valence-electron chi connectivity index (χ1n) is 5.93. The van der Waals surface area contributed by atoms with Crippen molar-refractivity contribution < 1.29 is 4.79 Å². The second-order valence-corrected chi connectivity index (χ2v) is 5.26. The molecule has 0 bridgehead atoms. The Kier molecular flexibility index (Phi) is 3.77. The van der Waals surface area contributed by atoms with Gasteiger partial charge in [-0.05, 0) is 45.6 Å². The standard InChI is InChI=1S/C12H24N2O/c1-5-12(7-6-8-12)9-14-10(15)11(2,3)13-4/h13H,5-9H2,1-4H3,(H,14,15). The third kappa shape index (κ3) is 2.71. The van der Waals surface area contributed by atoms with Crippen molar-refractivity contribution in [1.29, 1.82) is 0 Å². The molecule has 15 heavy (non-hydrogen) atoms. The largest absolute Gasteiger partial charge is 0.354 e. The number of hydrogen-bond donors (Lipinski definition) is 2. The van der Waals surface area contributed by atoms with Gasteiger partial charge in [0.2, 0.25) is 5.91 Å². The van der Waals surface area contributed by atoms with Crippen molar-refractivity contribution in [2.45, 2.75) is 52.0 Å². The van der Waals surface area contributed by atoms with Gasteiger partial charge in [-0.3, -0.25) is 4.79 Å². The number of likely N-dealkylation sites (N-methyl/N-ethyl adjacent to an activating group) is 1. The van der Waals surface area contributed by atoms with E-state index in [2.05, 4.69) is 17.6 Å². The first kappa shape index (κ1) is 12.5. The van der Waals surface area contributed by atoms with Crippen LogP contribution in [0.15, 0.2) is 0 Å². The van der Waals surface area contributed by atoms with Crippen LogP contribution in [0.1, 0.15) is 46.5 Å². The summed E-state index contributed by atoms with van der Waals surface area (Å²) in [6.45, 7) is 6.87. The van der Waals surface area contributed by atoms with Crippen molar-refractivity contribution in [2.24, 2.45) is 5.41 Å². The number of carbonyl (C=O) groups excluding carboxylic acids is 1. The Labute approximate surface area is 93.0 Å². The van der Waals surface area contributed by atoms with Crippen molar-refractivity contribution in [3.63, 3.8) is 0 Å². The van der Waals surface area contributed by atoms with Gasteiger partial charge in [0, 0.05) is 6.54 Å². The molecule has 1 rings (SSSR count). The molecule has 1 aliphatic rings. The molecule has 0 spiro atoms. The van der Waals surface area contributed by atoms with Crippen LogP contribution < -0.4 is 10.6 Å². The third-order valence-electron chi connectivity index (χ3n) is 3.98. The van der Waals surface area contributed by atoms with Crippen LogP contribution in [0.25, 0.3) is 0 Å². The van der Waals surface area contributed by atoms with E-state index >= 15 is 0 Å². The van der Waals surface area contributed by atoms with E-state index in [1.165, 1.54) is 25.7 Å². The maximum Gasteiger partial charge on any atom is 0.239 e. The van der Waals surface area contributed by atoms with Gasteiger partial charge in [-0.2, -0.15) is 0 Å². The van der Waals surface area contributed by atoms with E-state index in [0.717, 1.165) is 6.54 Å². The fourth-order valence-electron chi connectivity index (χ4n) is 1.93. The molecule has 1 amide bonds. The maximum absolute atomic E-state index is 11.8. The topological polar surface area (TPSA) is 41.1 Å². The van der Waals surface area contributed by atoms with E-state index in [-0.39, 0.29) is 5.91 Å². The van der Waals surface area contributed by atoms with Gasteiger partial charge in [-0.15, -0.1) is 0 Å². The first-order valence-corrected chi connectivity index (χ1v) is 5.93. The van der Waals surface area contributed by atoms with Gasteiger partial charge in [0.1, 0.15) is 0 Å². The molecular formula is C12H24N2O. The summed E-state index contributed by atoms with van der Waals surface area (Å²) in [6, 6.07) is 0.